The summed E-state index contributed by atoms with van der Waals surface area (Å²) >= 11 is 0. The zero-order chi connectivity index (χ0) is 13.6. The minimum Gasteiger partial charge on any atom is -0.481 e. The quantitative estimate of drug-likeness (QED) is 0.510. The van der Waals surface area contributed by atoms with Gasteiger partial charge in [-0.15, -0.1) is 0 Å². The third-order valence-electron chi connectivity index (χ3n) is 1.91. The highest BCUT2D eigenvalue weighted by Crippen LogP contribution is 2.16. The average Bonchev–Trinajstić information content (AvgIpc) is 2.20. The highest BCUT2D eigenvalue weighted by atomic mass is 16.5. The van der Waals surface area contributed by atoms with Gasteiger partial charge in [0.2, 0.25) is 0 Å². The van der Waals surface area contributed by atoms with Crippen LogP contribution in [0, 0.1) is 11.8 Å². The number of carbonyl (C=O) groups excluding carboxylic acids is 1. The smallest absolute Gasteiger partial charge is 0.334 e. The maximum atomic E-state index is 11.4. The van der Waals surface area contributed by atoms with Crippen molar-refractivity contribution >= 4 is 17.9 Å². The summed E-state index contributed by atoms with van der Waals surface area (Å²) in [6.07, 6.45) is -0.690. The number of hydrogen-bond donors (Lipinski definition) is 2. The van der Waals surface area contributed by atoms with Gasteiger partial charge in [-0.3, -0.25) is 9.59 Å². The van der Waals surface area contributed by atoms with Gasteiger partial charge in [0.1, 0.15) is 0 Å². The van der Waals surface area contributed by atoms with E-state index < -0.39 is 30.2 Å². The zero-order valence-corrected chi connectivity index (χ0v) is 9.80. The summed E-state index contributed by atoms with van der Waals surface area (Å²) in [6.45, 7) is 7.07. The van der Waals surface area contributed by atoms with Gasteiger partial charge in [-0.25, -0.2) is 4.79 Å². The third kappa shape index (κ3) is 5.70. The molecule has 0 rings (SSSR count). The number of rotatable bonds is 7. The Kier molecular flexibility index (Phi) is 5.95. The third-order valence-corrected chi connectivity index (χ3v) is 1.91. The number of hydrogen-bond acceptors (Lipinski definition) is 4. The first-order chi connectivity index (χ1) is 7.75. The van der Waals surface area contributed by atoms with Crippen molar-refractivity contribution in [3.8, 4) is 0 Å². The second kappa shape index (κ2) is 6.67. The van der Waals surface area contributed by atoms with Crippen LogP contribution < -0.4 is 0 Å². The minimum absolute atomic E-state index is 0.106. The van der Waals surface area contributed by atoms with Crippen molar-refractivity contribution in [2.75, 3.05) is 6.61 Å². The molecule has 2 N–H and O–H groups in total. The predicted molar refractivity (Wildman–Crippen MR) is 58.3 cm³/mol. The van der Waals surface area contributed by atoms with E-state index in [4.69, 9.17) is 14.9 Å². The van der Waals surface area contributed by atoms with Gasteiger partial charge in [-0.2, -0.15) is 0 Å². The first kappa shape index (κ1) is 15.2. The summed E-state index contributed by atoms with van der Waals surface area (Å²) in [5.74, 6) is -4.93. The molecular weight excluding hydrogens is 228 g/mol. The molecule has 0 amide bonds. The van der Waals surface area contributed by atoms with Crippen LogP contribution in [0.4, 0.5) is 0 Å². The number of carbonyl (C=O) groups is 3. The monoisotopic (exact) mass is 244 g/mol. The number of esters is 1. The van der Waals surface area contributed by atoms with Crippen LogP contribution in [0.5, 0.6) is 0 Å². The van der Waals surface area contributed by atoms with Crippen molar-refractivity contribution in [1.82, 2.24) is 0 Å². The van der Waals surface area contributed by atoms with Gasteiger partial charge in [-0.05, 0) is 5.92 Å². The van der Waals surface area contributed by atoms with E-state index in [9.17, 15) is 14.4 Å². The summed E-state index contributed by atoms with van der Waals surface area (Å²) in [6, 6.07) is 0. The molecule has 6 nitrogen and oxygen atoms in total. The molecule has 6 heteroatoms. The molecular formula is C11H16O6. The maximum absolute atomic E-state index is 11.4. The lowest BCUT2D eigenvalue weighted by atomic mass is 9.97. The number of aliphatic carboxylic acids is 2. The molecule has 0 aliphatic carbocycles. The van der Waals surface area contributed by atoms with E-state index in [1.807, 2.05) is 13.8 Å². The molecule has 17 heavy (non-hydrogen) atoms. The van der Waals surface area contributed by atoms with Crippen LogP contribution in [-0.4, -0.2) is 34.7 Å². The topological polar surface area (TPSA) is 101 Å². The minimum atomic E-state index is -1.45. The van der Waals surface area contributed by atoms with Gasteiger partial charge in [-0.1, -0.05) is 20.4 Å². The Bertz CT molecular complexity index is 331. The molecule has 0 aliphatic rings. The van der Waals surface area contributed by atoms with E-state index in [1.165, 1.54) is 0 Å². The normalized spacial score (nSPS) is 11.9. The Labute approximate surface area is 98.9 Å². The average molecular weight is 244 g/mol. The van der Waals surface area contributed by atoms with Crippen LogP contribution in [0.15, 0.2) is 12.2 Å². The van der Waals surface area contributed by atoms with Gasteiger partial charge >= 0.3 is 17.9 Å². The maximum Gasteiger partial charge on any atom is 0.334 e. The van der Waals surface area contributed by atoms with E-state index >= 15 is 0 Å². The van der Waals surface area contributed by atoms with Crippen LogP contribution in [-0.2, 0) is 19.1 Å². The molecule has 0 aromatic rings. The van der Waals surface area contributed by atoms with Crippen molar-refractivity contribution in [2.45, 2.75) is 20.3 Å². The van der Waals surface area contributed by atoms with Crippen molar-refractivity contribution < 1.29 is 29.3 Å². The van der Waals surface area contributed by atoms with Crippen molar-refractivity contribution in [3.63, 3.8) is 0 Å². The van der Waals surface area contributed by atoms with Crippen LogP contribution >= 0.6 is 0 Å². The van der Waals surface area contributed by atoms with Gasteiger partial charge in [0.15, 0.2) is 0 Å². The van der Waals surface area contributed by atoms with Gasteiger partial charge in [0, 0.05) is 5.57 Å². The van der Waals surface area contributed by atoms with Gasteiger partial charge in [0.05, 0.1) is 18.9 Å². The largest absolute Gasteiger partial charge is 0.481 e. The molecule has 0 saturated heterocycles. The molecule has 0 aliphatic heterocycles. The number of ether oxygens (including phenoxy) is 1. The molecule has 0 bridgehead atoms. The Morgan fingerprint density at radius 1 is 1.24 bits per heavy atom. The van der Waals surface area contributed by atoms with Crippen LogP contribution in [0.3, 0.4) is 0 Å². The molecule has 0 spiro atoms. The number of carboxylic acid groups (broad SMARTS) is 2. The lowest BCUT2D eigenvalue weighted by Crippen LogP contribution is -2.25. The van der Waals surface area contributed by atoms with Crippen molar-refractivity contribution in [3.05, 3.63) is 12.2 Å². The molecule has 0 radical (unpaired) electrons. The second-order valence-electron chi connectivity index (χ2n) is 4.01. The zero-order valence-electron chi connectivity index (χ0n) is 9.80. The standard InChI is InChI=1S/C11H16O6/c1-6(2)5-17-11(16)7(3)8(10(14)15)4-9(12)13/h6,8H,3-5H2,1-2H3,(H,12,13)(H,14,15). The molecule has 0 aromatic carbocycles. The second-order valence-corrected chi connectivity index (χ2v) is 4.01. The van der Waals surface area contributed by atoms with E-state index in [0.717, 1.165) is 0 Å². The molecule has 0 fully saturated rings. The summed E-state index contributed by atoms with van der Waals surface area (Å²) < 4.78 is 4.78. The molecule has 0 aromatic heterocycles. The summed E-state index contributed by atoms with van der Waals surface area (Å²) in [5, 5.41) is 17.3. The van der Waals surface area contributed by atoms with E-state index in [1.54, 1.807) is 0 Å². The Morgan fingerprint density at radius 3 is 2.12 bits per heavy atom. The van der Waals surface area contributed by atoms with Crippen molar-refractivity contribution in [2.24, 2.45) is 11.8 Å². The van der Waals surface area contributed by atoms with Gasteiger partial charge in [0.25, 0.3) is 0 Å². The summed E-state index contributed by atoms with van der Waals surface area (Å²) in [4.78, 5) is 32.6. The predicted octanol–water partition coefficient (Wildman–Crippen LogP) is 0.917. The Balaban J connectivity index is 4.56. The molecule has 0 saturated carbocycles. The van der Waals surface area contributed by atoms with Crippen LogP contribution in [0.25, 0.3) is 0 Å². The summed E-state index contributed by atoms with van der Waals surface area (Å²) in [5.41, 5.74) is -0.347. The highest BCUT2D eigenvalue weighted by Gasteiger charge is 2.29. The fourth-order valence-corrected chi connectivity index (χ4v) is 1.01. The fraction of sp³-hybridized carbons (Fsp3) is 0.545. The van der Waals surface area contributed by atoms with E-state index in [2.05, 4.69) is 6.58 Å². The SMILES string of the molecule is C=C(C(=O)OCC(C)C)C(CC(=O)O)C(=O)O. The lowest BCUT2D eigenvalue weighted by molar-refractivity contribution is -0.150. The molecule has 96 valence electrons. The summed E-state index contributed by atoms with van der Waals surface area (Å²) in [7, 11) is 0. The lowest BCUT2D eigenvalue weighted by Gasteiger charge is -2.13. The first-order valence-electron chi connectivity index (χ1n) is 5.06. The van der Waals surface area contributed by atoms with Crippen molar-refractivity contribution in [1.29, 1.82) is 0 Å². The highest BCUT2D eigenvalue weighted by molar-refractivity contribution is 5.96. The molecule has 1 unspecified atom stereocenters. The van der Waals surface area contributed by atoms with Gasteiger partial charge < -0.3 is 14.9 Å². The number of carboxylic acids is 2. The molecule has 0 heterocycles. The molecule has 1 atom stereocenters. The van der Waals surface area contributed by atoms with E-state index in [0.29, 0.717) is 0 Å². The van der Waals surface area contributed by atoms with E-state index in [-0.39, 0.29) is 18.1 Å². The Morgan fingerprint density at radius 2 is 1.76 bits per heavy atom. The van der Waals surface area contributed by atoms with Crippen LogP contribution in [0.2, 0.25) is 0 Å². The van der Waals surface area contributed by atoms with Crippen LogP contribution in [0.1, 0.15) is 20.3 Å². The Hall–Kier alpha value is -1.85. The fourth-order valence-electron chi connectivity index (χ4n) is 1.01. The first-order valence-corrected chi connectivity index (χ1v) is 5.06.